The standard InChI is InChI=1S/C19H24O3/c1-19(2,18(22)14-8-4-3-5-9-14)16-11-12-17(21)15(16)10-6-7-13-20/h3-9,15-16,20H,10-13H2,1-2H3/b7-6-/t15-,16-/m0/s1. The Hall–Kier alpha value is -1.74. The van der Waals surface area contributed by atoms with Crippen molar-refractivity contribution in [3.63, 3.8) is 0 Å². The number of allylic oxidation sites excluding steroid dienone is 1. The molecule has 118 valence electrons. The highest BCUT2D eigenvalue weighted by atomic mass is 16.2. The number of hydrogen-bond donors (Lipinski definition) is 1. The maximum absolute atomic E-state index is 12.9. The number of aliphatic hydroxyl groups is 1. The van der Waals surface area contributed by atoms with E-state index >= 15 is 0 Å². The number of hydrogen-bond acceptors (Lipinski definition) is 3. The summed E-state index contributed by atoms with van der Waals surface area (Å²) >= 11 is 0. The summed E-state index contributed by atoms with van der Waals surface area (Å²) < 4.78 is 0. The summed E-state index contributed by atoms with van der Waals surface area (Å²) in [5, 5.41) is 8.84. The van der Waals surface area contributed by atoms with Crippen molar-refractivity contribution >= 4 is 11.6 Å². The van der Waals surface area contributed by atoms with Gasteiger partial charge in [-0.1, -0.05) is 56.3 Å². The van der Waals surface area contributed by atoms with Gasteiger partial charge in [-0.15, -0.1) is 0 Å². The van der Waals surface area contributed by atoms with Crippen LogP contribution in [0.4, 0.5) is 0 Å². The van der Waals surface area contributed by atoms with Gasteiger partial charge in [-0.25, -0.2) is 0 Å². The molecule has 1 fully saturated rings. The summed E-state index contributed by atoms with van der Waals surface area (Å²) in [4.78, 5) is 25.0. The first-order chi connectivity index (χ1) is 10.5. The van der Waals surface area contributed by atoms with Crippen LogP contribution in [0.5, 0.6) is 0 Å². The predicted octanol–water partition coefficient (Wildman–Crippen LogP) is 3.43. The monoisotopic (exact) mass is 300 g/mol. The molecule has 1 N–H and O–H groups in total. The topological polar surface area (TPSA) is 54.4 Å². The Bertz CT molecular complexity index is 557. The van der Waals surface area contributed by atoms with Crippen LogP contribution < -0.4 is 0 Å². The van der Waals surface area contributed by atoms with Crippen LogP contribution in [0.15, 0.2) is 42.5 Å². The average Bonchev–Trinajstić information content (AvgIpc) is 2.89. The molecule has 0 saturated heterocycles. The van der Waals surface area contributed by atoms with Gasteiger partial charge in [0.2, 0.25) is 0 Å². The molecular formula is C19H24O3. The second-order valence-electron chi connectivity index (χ2n) is 6.52. The predicted molar refractivity (Wildman–Crippen MR) is 86.6 cm³/mol. The van der Waals surface area contributed by atoms with Crippen LogP contribution in [0, 0.1) is 17.3 Å². The minimum absolute atomic E-state index is 0.0160. The molecule has 3 nitrogen and oxygen atoms in total. The normalized spacial score (nSPS) is 22.4. The van der Waals surface area contributed by atoms with Gasteiger partial charge in [0.1, 0.15) is 5.78 Å². The highest BCUT2D eigenvalue weighted by Crippen LogP contribution is 2.45. The Morgan fingerprint density at radius 3 is 2.59 bits per heavy atom. The number of carbonyl (C=O) groups is 2. The summed E-state index contributed by atoms with van der Waals surface area (Å²) in [6.07, 6.45) is 5.43. The lowest BCUT2D eigenvalue weighted by atomic mass is 9.68. The Labute approximate surface area is 132 Å². The SMILES string of the molecule is CC(C)(C(=O)c1ccccc1)[C@H]1CCC(=O)[C@H]1C/C=C\CO. The molecule has 2 atom stereocenters. The summed E-state index contributed by atoms with van der Waals surface area (Å²) in [6, 6.07) is 9.30. The molecule has 1 aromatic carbocycles. The molecule has 1 aromatic rings. The van der Waals surface area contributed by atoms with Crippen molar-refractivity contribution in [2.45, 2.75) is 33.1 Å². The Morgan fingerprint density at radius 2 is 1.95 bits per heavy atom. The van der Waals surface area contributed by atoms with E-state index in [-0.39, 0.29) is 30.0 Å². The van der Waals surface area contributed by atoms with Crippen molar-refractivity contribution < 1.29 is 14.7 Å². The van der Waals surface area contributed by atoms with Crippen LogP contribution >= 0.6 is 0 Å². The lowest BCUT2D eigenvalue weighted by Gasteiger charge is -2.33. The van der Waals surface area contributed by atoms with Crippen LogP contribution in [-0.2, 0) is 4.79 Å². The lowest BCUT2D eigenvalue weighted by Crippen LogP contribution is -2.36. The van der Waals surface area contributed by atoms with Gasteiger partial charge < -0.3 is 5.11 Å². The number of rotatable bonds is 6. The Morgan fingerprint density at radius 1 is 1.27 bits per heavy atom. The molecule has 1 saturated carbocycles. The second kappa shape index (κ2) is 7.01. The highest BCUT2D eigenvalue weighted by molar-refractivity contribution is 6.01. The number of carbonyl (C=O) groups excluding carboxylic acids is 2. The first-order valence-corrected chi connectivity index (χ1v) is 7.87. The number of benzene rings is 1. The minimum Gasteiger partial charge on any atom is -0.392 e. The van der Waals surface area contributed by atoms with Crippen molar-refractivity contribution in [3.8, 4) is 0 Å². The molecule has 3 heteroatoms. The summed E-state index contributed by atoms with van der Waals surface area (Å²) in [7, 11) is 0. The third-order valence-corrected chi connectivity index (χ3v) is 4.81. The van der Waals surface area contributed by atoms with Gasteiger partial charge in [0.15, 0.2) is 5.78 Å². The van der Waals surface area contributed by atoms with Crippen molar-refractivity contribution in [1.29, 1.82) is 0 Å². The molecule has 0 radical (unpaired) electrons. The van der Waals surface area contributed by atoms with Crippen molar-refractivity contribution in [3.05, 3.63) is 48.0 Å². The van der Waals surface area contributed by atoms with E-state index in [0.29, 0.717) is 18.4 Å². The van der Waals surface area contributed by atoms with Gasteiger partial charge in [0.05, 0.1) is 6.61 Å². The maximum atomic E-state index is 12.9. The smallest absolute Gasteiger partial charge is 0.168 e. The molecular weight excluding hydrogens is 276 g/mol. The quantitative estimate of drug-likeness (QED) is 0.647. The highest BCUT2D eigenvalue weighted by Gasteiger charge is 2.46. The van der Waals surface area contributed by atoms with E-state index in [4.69, 9.17) is 5.11 Å². The molecule has 0 heterocycles. The largest absolute Gasteiger partial charge is 0.392 e. The molecule has 1 aliphatic rings. The molecule has 0 spiro atoms. The van der Waals surface area contributed by atoms with Crippen LogP contribution in [-0.4, -0.2) is 23.3 Å². The average molecular weight is 300 g/mol. The Balaban J connectivity index is 2.21. The first kappa shape index (κ1) is 16.6. The molecule has 0 aromatic heterocycles. The Kier molecular flexibility index (Phi) is 5.30. The minimum atomic E-state index is -0.564. The first-order valence-electron chi connectivity index (χ1n) is 7.87. The number of ketones is 2. The molecule has 1 aliphatic carbocycles. The molecule has 0 unspecified atom stereocenters. The zero-order valence-electron chi connectivity index (χ0n) is 13.3. The second-order valence-corrected chi connectivity index (χ2v) is 6.52. The fourth-order valence-corrected chi connectivity index (χ4v) is 3.52. The van der Waals surface area contributed by atoms with Crippen molar-refractivity contribution in [2.24, 2.45) is 17.3 Å². The van der Waals surface area contributed by atoms with Crippen LogP contribution in [0.25, 0.3) is 0 Å². The zero-order chi connectivity index (χ0) is 16.2. The van der Waals surface area contributed by atoms with Gasteiger partial charge in [0, 0.05) is 23.3 Å². The zero-order valence-corrected chi connectivity index (χ0v) is 13.3. The lowest BCUT2D eigenvalue weighted by molar-refractivity contribution is -0.121. The van der Waals surface area contributed by atoms with E-state index in [1.165, 1.54) is 0 Å². The summed E-state index contributed by atoms with van der Waals surface area (Å²) in [6.45, 7) is 3.89. The van der Waals surface area contributed by atoms with E-state index in [0.717, 1.165) is 6.42 Å². The molecule has 0 bridgehead atoms. The van der Waals surface area contributed by atoms with E-state index < -0.39 is 5.41 Å². The number of aliphatic hydroxyl groups excluding tert-OH is 1. The van der Waals surface area contributed by atoms with E-state index in [1.807, 2.05) is 50.3 Å². The molecule has 0 aliphatic heterocycles. The van der Waals surface area contributed by atoms with E-state index in [1.54, 1.807) is 6.08 Å². The third kappa shape index (κ3) is 3.36. The third-order valence-electron chi connectivity index (χ3n) is 4.81. The number of Topliss-reactive ketones (excluding diaryl/α,β-unsaturated/α-hetero) is 2. The van der Waals surface area contributed by atoms with Crippen LogP contribution in [0.1, 0.15) is 43.5 Å². The van der Waals surface area contributed by atoms with Crippen molar-refractivity contribution in [2.75, 3.05) is 6.61 Å². The summed E-state index contributed by atoms with van der Waals surface area (Å²) in [5.41, 5.74) is 0.141. The molecule has 2 rings (SSSR count). The van der Waals surface area contributed by atoms with Crippen LogP contribution in [0.3, 0.4) is 0 Å². The summed E-state index contributed by atoms with van der Waals surface area (Å²) in [5.74, 6) is 0.270. The van der Waals surface area contributed by atoms with Gasteiger partial charge in [0.25, 0.3) is 0 Å². The van der Waals surface area contributed by atoms with Crippen LogP contribution in [0.2, 0.25) is 0 Å². The van der Waals surface area contributed by atoms with Gasteiger partial charge in [-0.3, -0.25) is 9.59 Å². The van der Waals surface area contributed by atoms with Gasteiger partial charge in [-0.2, -0.15) is 0 Å². The fraction of sp³-hybridized carbons (Fsp3) is 0.474. The van der Waals surface area contributed by atoms with Gasteiger partial charge >= 0.3 is 0 Å². The fourth-order valence-electron chi connectivity index (χ4n) is 3.52. The van der Waals surface area contributed by atoms with E-state index in [9.17, 15) is 9.59 Å². The maximum Gasteiger partial charge on any atom is 0.168 e. The van der Waals surface area contributed by atoms with Gasteiger partial charge in [-0.05, 0) is 18.8 Å². The molecule has 0 amide bonds. The van der Waals surface area contributed by atoms with Crippen molar-refractivity contribution in [1.82, 2.24) is 0 Å². The molecule has 22 heavy (non-hydrogen) atoms. The van der Waals surface area contributed by atoms with E-state index in [2.05, 4.69) is 0 Å².